The fraction of sp³-hybridized carbons (Fsp3) is 0.533. The van der Waals surface area contributed by atoms with Crippen molar-refractivity contribution in [1.82, 2.24) is 10.1 Å². The number of nitrogens with one attached hydrogen (secondary N) is 3. The summed E-state index contributed by atoms with van der Waals surface area (Å²) in [6, 6.07) is 4.90. The van der Waals surface area contributed by atoms with Gasteiger partial charge in [-0.2, -0.15) is 0 Å². The highest BCUT2D eigenvalue weighted by Crippen LogP contribution is 2.26. The van der Waals surface area contributed by atoms with Crippen LogP contribution in [0.15, 0.2) is 18.2 Å². The molecule has 0 spiro atoms. The topological polar surface area (TPSA) is 87.3 Å². The maximum absolute atomic E-state index is 12.2. The number of sulfonamides is 1. The first-order chi connectivity index (χ1) is 11.3. The van der Waals surface area contributed by atoms with Crippen LogP contribution in [0.5, 0.6) is 0 Å². The standard InChI is InChI=1S/C15H21Cl2N3O3S/c1-2-24(22,23)20-11-5-3-10(4-6-11)15(21)19-18-12-7-8-13(16)14(17)9-12/h7-11,18,20H,2-6H2,1H3,(H,19,21)/t10-,11-. The Hall–Kier alpha value is -1.02. The third-order valence-electron chi connectivity index (χ3n) is 4.07. The van der Waals surface area contributed by atoms with E-state index in [9.17, 15) is 13.2 Å². The van der Waals surface area contributed by atoms with Crippen LogP contribution in [0.3, 0.4) is 0 Å². The van der Waals surface area contributed by atoms with E-state index in [1.165, 1.54) is 0 Å². The molecule has 134 valence electrons. The molecule has 24 heavy (non-hydrogen) atoms. The van der Waals surface area contributed by atoms with Gasteiger partial charge < -0.3 is 0 Å². The summed E-state index contributed by atoms with van der Waals surface area (Å²) < 4.78 is 25.8. The highest BCUT2D eigenvalue weighted by molar-refractivity contribution is 7.89. The van der Waals surface area contributed by atoms with Crippen molar-refractivity contribution in [3.05, 3.63) is 28.2 Å². The zero-order chi connectivity index (χ0) is 17.7. The Kier molecular flexibility index (Phi) is 6.74. The molecule has 0 atom stereocenters. The molecule has 9 heteroatoms. The maximum Gasteiger partial charge on any atom is 0.241 e. The first kappa shape index (κ1) is 19.3. The molecule has 1 fully saturated rings. The first-order valence-corrected chi connectivity index (χ1v) is 10.2. The van der Waals surface area contributed by atoms with Gasteiger partial charge in [0.15, 0.2) is 0 Å². The molecular formula is C15H21Cl2N3O3S. The van der Waals surface area contributed by atoms with Crippen molar-refractivity contribution < 1.29 is 13.2 Å². The van der Waals surface area contributed by atoms with Crippen LogP contribution in [0.1, 0.15) is 32.6 Å². The quantitative estimate of drug-likeness (QED) is 0.648. The molecule has 0 aromatic heterocycles. The van der Waals surface area contributed by atoms with E-state index in [-0.39, 0.29) is 23.6 Å². The number of hydrogen-bond acceptors (Lipinski definition) is 4. The van der Waals surface area contributed by atoms with E-state index in [1.807, 2.05) is 0 Å². The van der Waals surface area contributed by atoms with Gasteiger partial charge in [0.1, 0.15) is 0 Å². The van der Waals surface area contributed by atoms with Crippen LogP contribution in [-0.2, 0) is 14.8 Å². The minimum Gasteiger partial charge on any atom is -0.299 e. The predicted molar refractivity (Wildman–Crippen MR) is 96.6 cm³/mol. The lowest BCUT2D eigenvalue weighted by Crippen LogP contribution is -2.42. The lowest BCUT2D eigenvalue weighted by Gasteiger charge is -2.28. The Bertz CT molecular complexity index is 689. The Labute approximate surface area is 152 Å². The molecule has 0 unspecified atom stereocenters. The molecule has 1 aromatic rings. The summed E-state index contributed by atoms with van der Waals surface area (Å²) in [5, 5.41) is 0.848. The van der Waals surface area contributed by atoms with E-state index in [2.05, 4.69) is 15.6 Å². The van der Waals surface area contributed by atoms with Crippen LogP contribution >= 0.6 is 23.2 Å². The largest absolute Gasteiger partial charge is 0.299 e. The number of hydrazine groups is 1. The summed E-state index contributed by atoms with van der Waals surface area (Å²) in [6.07, 6.45) is 2.60. The third-order valence-corrected chi connectivity index (χ3v) is 6.27. The molecule has 1 aliphatic rings. The Morgan fingerprint density at radius 3 is 2.42 bits per heavy atom. The molecule has 0 heterocycles. The van der Waals surface area contributed by atoms with Gasteiger partial charge in [0.05, 0.1) is 21.5 Å². The number of carbonyl (C=O) groups is 1. The molecule has 1 saturated carbocycles. The summed E-state index contributed by atoms with van der Waals surface area (Å²) in [6.45, 7) is 1.61. The van der Waals surface area contributed by atoms with E-state index in [0.717, 1.165) is 0 Å². The second-order valence-electron chi connectivity index (χ2n) is 5.81. The van der Waals surface area contributed by atoms with Crippen LogP contribution in [0.2, 0.25) is 10.0 Å². The van der Waals surface area contributed by atoms with Gasteiger partial charge in [-0.3, -0.25) is 15.6 Å². The van der Waals surface area contributed by atoms with E-state index >= 15 is 0 Å². The van der Waals surface area contributed by atoms with Crippen molar-refractivity contribution in [2.24, 2.45) is 5.92 Å². The first-order valence-electron chi connectivity index (χ1n) is 7.81. The van der Waals surface area contributed by atoms with Gasteiger partial charge in [-0.15, -0.1) is 0 Å². The molecule has 3 N–H and O–H groups in total. The second kappa shape index (κ2) is 8.38. The molecule has 1 amide bonds. The average molecular weight is 394 g/mol. The Morgan fingerprint density at radius 1 is 1.17 bits per heavy atom. The van der Waals surface area contributed by atoms with Crippen molar-refractivity contribution in [2.45, 2.75) is 38.6 Å². The van der Waals surface area contributed by atoms with Crippen molar-refractivity contribution in [3.8, 4) is 0 Å². The molecule has 0 bridgehead atoms. The number of anilines is 1. The van der Waals surface area contributed by atoms with Gasteiger partial charge in [0.2, 0.25) is 15.9 Å². The fourth-order valence-corrected chi connectivity index (χ4v) is 3.83. The van der Waals surface area contributed by atoms with Gasteiger partial charge in [-0.1, -0.05) is 23.2 Å². The SMILES string of the molecule is CCS(=O)(=O)N[C@H]1CC[C@H](C(=O)NNc2ccc(Cl)c(Cl)c2)CC1. The molecule has 1 aliphatic carbocycles. The second-order valence-corrected chi connectivity index (χ2v) is 8.67. The van der Waals surface area contributed by atoms with Crippen LogP contribution < -0.4 is 15.6 Å². The number of rotatable bonds is 6. The summed E-state index contributed by atoms with van der Waals surface area (Å²) >= 11 is 11.8. The lowest BCUT2D eigenvalue weighted by atomic mass is 9.86. The number of carbonyl (C=O) groups excluding carboxylic acids is 1. The average Bonchev–Trinajstić information content (AvgIpc) is 2.56. The van der Waals surface area contributed by atoms with Crippen molar-refractivity contribution in [2.75, 3.05) is 11.2 Å². The Morgan fingerprint density at radius 2 is 1.83 bits per heavy atom. The molecule has 6 nitrogen and oxygen atoms in total. The number of amides is 1. The molecule has 1 aromatic carbocycles. The number of halogens is 2. The van der Waals surface area contributed by atoms with E-state index in [1.54, 1.807) is 25.1 Å². The van der Waals surface area contributed by atoms with Crippen molar-refractivity contribution in [3.63, 3.8) is 0 Å². The zero-order valence-corrected chi connectivity index (χ0v) is 15.6. The zero-order valence-electron chi connectivity index (χ0n) is 13.3. The lowest BCUT2D eigenvalue weighted by molar-refractivity contribution is -0.125. The maximum atomic E-state index is 12.2. The molecule has 0 saturated heterocycles. The van der Waals surface area contributed by atoms with Gasteiger partial charge in [0.25, 0.3) is 0 Å². The van der Waals surface area contributed by atoms with Gasteiger partial charge in [0, 0.05) is 12.0 Å². The summed E-state index contributed by atoms with van der Waals surface area (Å²) in [7, 11) is -3.20. The van der Waals surface area contributed by atoms with Crippen LogP contribution in [0.4, 0.5) is 5.69 Å². The molecule has 0 aliphatic heterocycles. The van der Waals surface area contributed by atoms with Crippen LogP contribution in [-0.4, -0.2) is 26.1 Å². The number of benzene rings is 1. The van der Waals surface area contributed by atoms with E-state index in [4.69, 9.17) is 23.2 Å². The monoisotopic (exact) mass is 393 g/mol. The highest BCUT2D eigenvalue weighted by atomic mass is 35.5. The van der Waals surface area contributed by atoms with Crippen molar-refractivity contribution in [1.29, 1.82) is 0 Å². The van der Waals surface area contributed by atoms with Gasteiger partial charge in [-0.25, -0.2) is 13.1 Å². The summed E-state index contributed by atoms with van der Waals surface area (Å²) in [5.41, 5.74) is 6.12. The van der Waals surface area contributed by atoms with Crippen molar-refractivity contribution >= 4 is 44.8 Å². The van der Waals surface area contributed by atoms with Gasteiger partial charge >= 0.3 is 0 Å². The molecule has 0 radical (unpaired) electrons. The number of hydrogen-bond donors (Lipinski definition) is 3. The van der Waals surface area contributed by atoms with E-state index < -0.39 is 10.0 Å². The molecular weight excluding hydrogens is 373 g/mol. The summed E-state index contributed by atoms with van der Waals surface area (Å²) in [5.74, 6) is -0.179. The smallest absolute Gasteiger partial charge is 0.241 e. The predicted octanol–water partition coefficient (Wildman–Crippen LogP) is 2.93. The highest BCUT2D eigenvalue weighted by Gasteiger charge is 2.28. The van der Waals surface area contributed by atoms with Gasteiger partial charge in [-0.05, 0) is 50.8 Å². The minimum atomic E-state index is -3.20. The summed E-state index contributed by atoms with van der Waals surface area (Å²) in [4.78, 5) is 12.2. The third kappa shape index (κ3) is 5.51. The van der Waals surface area contributed by atoms with Crippen LogP contribution in [0, 0.1) is 5.92 Å². The van der Waals surface area contributed by atoms with E-state index in [0.29, 0.717) is 41.4 Å². The Balaban J connectivity index is 1.79. The van der Waals surface area contributed by atoms with Crippen LogP contribution in [0.25, 0.3) is 0 Å². The normalized spacial score (nSPS) is 21.3. The molecule has 2 rings (SSSR count). The minimum absolute atomic E-state index is 0.0704. The fourth-order valence-electron chi connectivity index (χ4n) is 2.62.